The van der Waals surface area contributed by atoms with Gasteiger partial charge in [0.25, 0.3) is 0 Å². The van der Waals surface area contributed by atoms with Crippen LogP contribution in [-0.4, -0.2) is 34.4 Å². The zero-order valence-corrected chi connectivity index (χ0v) is 11.4. The summed E-state index contributed by atoms with van der Waals surface area (Å²) in [7, 11) is 0. The van der Waals surface area contributed by atoms with Gasteiger partial charge in [-0.25, -0.2) is 4.79 Å². The van der Waals surface area contributed by atoms with Crippen LogP contribution in [0.4, 0.5) is 0 Å². The Morgan fingerprint density at radius 3 is 2.81 bits per heavy atom. The molecule has 110 valence electrons. The van der Waals surface area contributed by atoms with Gasteiger partial charge in [0.2, 0.25) is 11.8 Å². The Bertz CT molecular complexity index is 746. The molecule has 1 aromatic carbocycles. The molecule has 3 rings (SSSR count). The van der Waals surface area contributed by atoms with Crippen LogP contribution in [-0.2, 0) is 16.0 Å². The summed E-state index contributed by atoms with van der Waals surface area (Å²) in [5.41, 5.74) is 2.31. The van der Waals surface area contributed by atoms with Crippen molar-refractivity contribution in [2.75, 3.05) is 6.54 Å². The summed E-state index contributed by atoms with van der Waals surface area (Å²) in [5, 5.41) is 5.45. The molecule has 1 unspecified atom stereocenters. The summed E-state index contributed by atoms with van der Waals surface area (Å²) in [6.07, 6.45) is 1.63. The molecule has 4 N–H and O–H groups in total. The summed E-state index contributed by atoms with van der Waals surface area (Å²) in [6, 6.07) is 5.23. The number of aromatic amines is 2. The van der Waals surface area contributed by atoms with E-state index in [0.29, 0.717) is 25.8 Å². The predicted octanol–water partition coefficient (Wildman–Crippen LogP) is -0.206. The SMILES string of the molecule is O=C1CCC(C(=O)NCCc2ccc3[nH]c(=O)[nH]c3c2)N1. The van der Waals surface area contributed by atoms with Gasteiger partial charge < -0.3 is 20.6 Å². The molecule has 1 fully saturated rings. The Kier molecular flexibility index (Phi) is 3.47. The topological polar surface area (TPSA) is 107 Å². The number of carbonyl (C=O) groups excluding carboxylic acids is 2. The maximum absolute atomic E-state index is 11.8. The molecule has 2 amide bonds. The van der Waals surface area contributed by atoms with Crippen molar-refractivity contribution >= 4 is 22.8 Å². The Morgan fingerprint density at radius 2 is 2.05 bits per heavy atom. The van der Waals surface area contributed by atoms with E-state index in [-0.39, 0.29) is 17.5 Å². The standard InChI is InChI=1S/C14H16N4O3/c19-12-4-3-10(16-12)13(20)15-6-5-8-1-2-9-11(7-8)18-14(21)17-9/h1-2,7,10H,3-6H2,(H,15,20)(H,16,19)(H2,17,18,21). The van der Waals surface area contributed by atoms with E-state index in [9.17, 15) is 14.4 Å². The summed E-state index contributed by atoms with van der Waals surface area (Å²) in [6.45, 7) is 0.491. The van der Waals surface area contributed by atoms with Crippen molar-refractivity contribution < 1.29 is 9.59 Å². The van der Waals surface area contributed by atoms with Crippen LogP contribution in [0.5, 0.6) is 0 Å². The molecule has 0 saturated carbocycles. The van der Waals surface area contributed by atoms with Gasteiger partial charge in [0, 0.05) is 13.0 Å². The number of imidazole rings is 1. The van der Waals surface area contributed by atoms with E-state index < -0.39 is 6.04 Å². The fourth-order valence-electron chi connectivity index (χ4n) is 2.50. The van der Waals surface area contributed by atoms with Gasteiger partial charge in [0.1, 0.15) is 6.04 Å². The van der Waals surface area contributed by atoms with Crippen LogP contribution in [0.2, 0.25) is 0 Å². The minimum absolute atomic E-state index is 0.0722. The molecule has 1 saturated heterocycles. The number of amides is 2. The van der Waals surface area contributed by atoms with Gasteiger partial charge >= 0.3 is 5.69 Å². The van der Waals surface area contributed by atoms with Crippen LogP contribution in [0.1, 0.15) is 18.4 Å². The number of fused-ring (bicyclic) bond motifs is 1. The monoisotopic (exact) mass is 288 g/mol. The van der Waals surface area contributed by atoms with Crippen molar-refractivity contribution in [1.82, 2.24) is 20.6 Å². The summed E-state index contributed by atoms with van der Waals surface area (Å²) in [5.74, 6) is -0.214. The van der Waals surface area contributed by atoms with Gasteiger partial charge in [-0.2, -0.15) is 0 Å². The minimum Gasteiger partial charge on any atom is -0.354 e. The molecular formula is C14H16N4O3. The Morgan fingerprint density at radius 1 is 1.24 bits per heavy atom. The van der Waals surface area contributed by atoms with Crippen LogP contribution in [0.3, 0.4) is 0 Å². The molecule has 1 aliphatic rings. The number of hydrogen-bond donors (Lipinski definition) is 4. The van der Waals surface area contributed by atoms with Crippen LogP contribution in [0.25, 0.3) is 11.0 Å². The highest BCUT2D eigenvalue weighted by molar-refractivity contribution is 5.90. The summed E-state index contributed by atoms with van der Waals surface area (Å²) < 4.78 is 0. The maximum Gasteiger partial charge on any atom is 0.323 e. The molecule has 1 atom stereocenters. The highest BCUT2D eigenvalue weighted by atomic mass is 16.2. The smallest absolute Gasteiger partial charge is 0.323 e. The molecule has 0 radical (unpaired) electrons. The molecule has 2 heterocycles. The third-order valence-electron chi connectivity index (χ3n) is 3.61. The zero-order chi connectivity index (χ0) is 14.8. The van der Waals surface area contributed by atoms with E-state index in [2.05, 4.69) is 20.6 Å². The molecular weight excluding hydrogens is 272 g/mol. The second-order valence-corrected chi connectivity index (χ2v) is 5.16. The highest BCUT2D eigenvalue weighted by Gasteiger charge is 2.26. The largest absolute Gasteiger partial charge is 0.354 e. The van der Waals surface area contributed by atoms with Crippen molar-refractivity contribution in [3.8, 4) is 0 Å². The van der Waals surface area contributed by atoms with Crippen LogP contribution >= 0.6 is 0 Å². The Hall–Kier alpha value is -2.57. The van der Waals surface area contributed by atoms with E-state index >= 15 is 0 Å². The first-order chi connectivity index (χ1) is 10.1. The normalized spacial score (nSPS) is 17.9. The first-order valence-corrected chi connectivity index (χ1v) is 6.90. The van der Waals surface area contributed by atoms with E-state index in [0.717, 1.165) is 16.6 Å². The van der Waals surface area contributed by atoms with E-state index in [1.165, 1.54) is 0 Å². The Balaban J connectivity index is 1.55. The van der Waals surface area contributed by atoms with Gasteiger partial charge in [-0.15, -0.1) is 0 Å². The van der Waals surface area contributed by atoms with Gasteiger partial charge in [0.05, 0.1) is 11.0 Å². The van der Waals surface area contributed by atoms with Crippen molar-refractivity contribution in [1.29, 1.82) is 0 Å². The van der Waals surface area contributed by atoms with E-state index in [1.54, 1.807) is 0 Å². The molecule has 7 nitrogen and oxygen atoms in total. The van der Waals surface area contributed by atoms with Crippen LogP contribution in [0, 0.1) is 0 Å². The second kappa shape index (κ2) is 5.43. The van der Waals surface area contributed by atoms with Gasteiger partial charge in [-0.1, -0.05) is 6.07 Å². The van der Waals surface area contributed by atoms with Gasteiger partial charge in [0.15, 0.2) is 0 Å². The molecule has 1 aliphatic heterocycles. The first-order valence-electron chi connectivity index (χ1n) is 6.90. The van der Waals surface area contributed by atoms with Crippen molar-refractivity contribution in [2.24, 2.45) is 0 Å². The molecule has 21 heavy (non-hydrogen) atoms. The number of hydrogen-bond acceptors (Lipinski definition) is 3. The van der Waals surface area contributed by atoms with Crippen molar-refractivity contribution in [3.05, 3.63) is 34.2 Å². The number of H-pyrrole nitrogens is 2. The predicted molar refractivity (Wildman–Crippen MR) is 76.8 cm³/mol. The molecule has 2 aromatic rings. The third kappa shape index (κ3) is 2.96. The fraction of sp³-hybridized carbons (Fsp3) is 0.357. The van der Waals surface area contributed by atoms with Crippen molar-refractivity contribution in [2.45, 2.75) is 25.3 Å². The average molecular weight is 288 g/mol. The van der Waals surface area contributed by atoms with E-state index in [1.807, 2.05) is 18.2 Å². The number of carbonyl (C=O) groups is 2. The van der Waals surface area contributed by atoms with Crippen molar-refractivity contribution in [3.63, 3.8) is 0 Å². The first kappa shape index (κ1) is 13.4. The number of nitrogens with one attached hydrogen (secondary N) is 4. The number of aromatic nitrogens is 2. The van der Waals surface area contributed by atoms with Gasteiger partial charge in [-0.05, 0) is 30.5 Å². The second-order valence-electron chi connectivity index (χ2n) is 5.16. The number of benzene rings is 1. The number of rotatable bonds is 4. The van der Waals surface area contributed by atoms with Crippen LogP contribution in [0.15, 0.2) is 23.0 Å². The minimum atomic E-state index is -0.402. The lowest BCUT2D eigenvalue weighted by atomic mass is 10.1. The molecule has 0 spiro atoms. The molecule has 1 aromatic heterocycles. The third-order valence-corrected chi connectivity index (χ3v) is 3.61. The quantitative estimate of drug-likeness (QED) is 0.625. The summed E-state index contributed by atoms with van der Waals surface area (Å²) in [4.78, 5) is 39.4. The Labute approximate surface area is 120 Å². The molecule has 0 bridgehead atoms. The van der Waals surface area contributed by atoms with E-state index in [4.69, 9.17) is 0 Å². The lowest BCUT2D eigenvalue weighted by molar-refractivity contribution is -0.125. The molecule has 0 aliphatic carbocycles. The maximum atomic E-state index is 11.8. The average Bonchev–Trinajstić information content (AvgIpc) is 3.03. The van der Waals surface area contributed by atoms with Gasteiger partial charge in [-0.3, -0.25) is 9.59 Å². The summed E-state index contributed by atoms with van der Waals surface area (Å²) >= 11 is 0. The fourth-order valence-corrected chi connectivity index (χ4v) is 2.50. The zero-order valence-electron chi connectivity index (χ0n) is 11.4. The highest BCUT2D eigenvalue weighted by Crippen LogP contribution is 2.10. The lowest BCUT2D eigenvalue weighted by Crippen LogP contribution is -2.42. The molecule has 7 heteroatoms. The van der Waals surface area contributed by atoms with Crippen LogP contribution < -0.4 is 16.3 Å². The lowest BCUT2D eigenvalue weighted by Gasteiger charge is -2.10.